The molecule has 1 aliphatic rings. The van der Waals surface area contributed by atoms with E-state index in [0.717, 1.165) is 18.4 Å². The third-order valence-corrected chi connectivity index (χ3v) is 6.92. The second kappa shape index (κ2) is 8.67. The summed E-state index contributed by atoms with van der Waals surface area (Å²) in [7, 11) is -3.58. The first kappa shape index (κ1) is 19.6. The molecule has 27 heavy (non-hydrogen) atoms. The molecule has 2 aromatic rings. The topological polar surface area (TPSA) is 66.5 Å². The molecule has 1 aliphatic heterocycles. The molecule has 0 radical (unpaired) electrons. The number of piperidine rings is 1. The van der Waals surface area contributed by atoms with Gasteiger partial charge in [0.05, 0.1) is 4.90 Å². The van der Waals surface area contributed by atoms with Crippen molar-refractivity contribution in [3.63, 3.8) is 0 Å². The highest BCUT2D eigenvalue weighted by Gasteiger charge is 2.34. The summed E-state index contributed by atoms with van der Waals surface area (Å²) < 4.78 is 27.5. The number of hydrogen-bond donors (Lipinski definition) is 1. The van der Waals surface area contributed by atoms with Crippen LogP contribution in [0.25, 0.3) is 0 Å². The molecule has 0 bridgehead atoms. The number of aryl methyl sites for hydroxylation is 1. The lowest BCUT2D eigenvalue weighted by molar-refractivity contribution is -0.122. The number of carbonyl (C=O) groups is 1. The standard InChI is InChI=1S/C21H26N2O3S/c1-17-10-12-18(13-11-17)16-22-21(24)15-19-7-5-6-14-23(19)27(25,26)20-8-3-2-4-9-20/h2-4,8-13,19H,5-7,14-16H2,1H3,(H,22,24). The monoisotopic (exact) mass is 386 g/mol. The van der Waals surface area contributed by atoms with Gasteiger partial charge >= 0.3 is 0 Å². The van der Waals surface area contributed by atoms with E-state index in [0.29, 0.717) is 19.5 Å². The summed E-state index contributed by atoms with van der Waals surface area (Å²) in [5.74, 6) is -0.115. The van der Waals surface area contributed by atoms with Gasteiger partial charge in [0.1, 0.15) is 0 Å². The van der Waals surface area contributed by atoms with Crippen LogP contribution in [0.5, 0.6) is 0 Å². The Kier molecular flexibility index (Phi) is 6.29. The van der Waals surface area contributed by atoms with E-state index in [-0.39, 0.29) is 23.3 Å². The molecule has 3 rings (SSSR count). The number of nitrogens with zero attached hydrogens (tertiary/aromatic N) is 1. The molecule has 0 saturated carbocycles. The third-order valence-electron chi connectivity index (χ3n) is 4.95. The molecule has 1 unspecified atom stereocenters. The van der Waals surface area contributed by atoms with Gasteiger partial charge in [0.15, 0.2) is 0 Å². The summed E-state index contributed by atoms with van der Waals surface area (Å²) in [6.45, 7) is 2.94. The van der Waals surface area contributed by atoms with E-state index in [2.05, 4.69) is 5.32 Å². The van der Waals surface area contributed by atoms with Crippen LogP contribution in [0.1, 0.15) is 36.8 Å². The molecule has 144 valence electrons. The zero-order valence-corrected chi connectivity index (χ0v) is 16.4. The van der Waals surface area contributed by atoms with Crippen LogP contribution in [0.4, 0.5) is 0 Å². The number of rotatable bonds is 6. The van der Waals surface area contributed by atoms with E-state index < -0.39 is 10.0 Å². The van der Waals surface area contributed by atoms with Crippen LogP contribution >= 0.6 is 0 Å². The number of benzene rings is 2. The highest BCUT2D eigenvalue weighted by Crippen LogP contribution is 2.27. The van der Waals surface area contributed by atoms with E-state index in [9.17, 15) is 13.2 Å². The van der Waals surface area contributed by atoms with E-state index in [1.54, 1.807) is 30.3 Å². The minimum absolute atomic E-state index is 0.115. The van der Waals surface area contributed by atoms with Crippen molar-refractivity contribution in [2.75, 3.05) is 6.54 Å². The first-order valence-corrected chi connectivity index (χ1v) is 10.8. The van der Waals surface area contributed by atoms with Crippen LogP contribution in [-0.2, 0) is 21.4 Å². The van der Waals surface area contributed by atoms with Gasteiger partial charge in [-0.3, -0.25) is 4.79 Å². The zero-order chi connectivity index (χ0) is 19.3. The maximum atomic E-state index is 13.0. The predicted octanol–water partition coefficient (Wildman–Crippen LogP) is 3.24. The molecule has 1 saturated heterocycles. The maximum Gasteiger partial charge on any atom is 0.243 e. The largest absolute Gasteiger partial charge is 0.352 e. The van der Waals surface area contributed by atoms with Crippen molar-refractivity contribution in [2.45, 2.75) is 50.1 Å². The summed E-state index contributed by atoms with van der Waals surface area (Å²) >= 11 is 0. The van der Waals surface area contributed by atoms with Crippen molar-refractivity contribution in [3.05, 3.63) is 65.7 Å². The molecule has 2 aromatic carbocycles. The number of sulfonamides is 1. The highest BCUT2D eigenvalue weighted by atomic mass is 32.2. The summed E-state index contributed by atoms with van der Waals surface area (Å²) in [5.41, 5.74) is 2.21. The fraction of sp³-hybridized carbons (Fsp3) is 0.381. The maximum absolute atomic E-state index is 13.0. The average Bonchev–Trinajstić information content (AvgIpc) is 2.68. The van der Waals surface area contributed by atoms with Crippen molar-refractivity contribution in [1.29, 1.82) is 0 Å². The van der Waals surface area contributed by atoms with Gasteiger partial charge in [-0.05, 0) is 37.5 Å². The number of carbonyl (C=O) groups excluding carboxylic acids is 1. The van der Waals surface area contributed by atoms with E-state index in [4.69, 9.17) is 0 Å². The van der Waals surface area contributed by atoms with Gasteiger partial charge in [0.2, 0.25) is 15.9 Å². The lowest BCUT2D eigenvalue weighted by atomic mass is 10.0. The fourth-order valence-corrected chi connectivity index (χ4v) is 5.13. The third kappa shape index (κ3) is 4.96. The van der Waals surface area contributed by atoms with Crippen molar-refractivity contribution < 1.29 is 13.2 Å². The zero-order valence-electron chi connectivity index (χ0n) is 15.6. The van der Waals surface area contributed by atoms with Gasteiger partial charge in [0, 0.05) is 25.6 Å². The first-order valence-electron chi connectivity index (χ1n) is 9.36. The van der Waals surface area contributed by atoms with Gasteiger partial charge in [0.25, 0.3) is 0 Å². The van der Waals surface area contributed by atoms with Crippen LogP contribution in [0, 0.1) is 6.92 Å². The van der Waals surface area contributed by atoms with Crippen molar-refractivity contribution in [3.8, 4) is 0 Å². The molecule has 1 amide bonds. The molecule has 1 N–H and O–H groups in total. The number of amides is 1. The van der Waals surface area contributed by atoms with Crippen molar-refractivity contribution >= 4 is 15.9 Å². The molecule has 5 nitrogen and oxygen atoms in total. The van der Waals surface area contributed by atoms with E-state index in [1.807, 2.05) is 31.2 Å². The van der Waals surface area contributed by atoms with Gasteiger partial charge in [-0.2, -0.15) is 4.31 Å². The van der Waals surface area contributed by atoms with Crippen molar-refractivity contribution in [2.24, 2.45) is 0 Å². The van der Waals surface area contributed by atoms with Crippen LogP contribution in [0.3, 0.4) is 0 Å². The smallest absolute Gasteiger partial charge is 0.243 e. The molecule has 0 spiro atoms. The van der Waals surface area contributed by atoms with Gasteiger partial charge in [-0.25, -0.2) is 8.42 Å². The molecule has 1 fully saturated rings. The van der Waals surface area contributed by atoms with Crippen LogP contribution in [0.15, 0.2) is 59.5 Å². The van der Waals surface area contributed by atoms with E-state index in [1.165, 1.54) is 9.87 Å². The Bertz CT molecular complexity index is 864. The second-order valence-electron chi connectivity index (χ2n) is 7.04. The molecule has 1 atom stereocenters. The quantitative estimate of drug-likeness (QED) is 0.829. The Morgan fingerprint density at radius 3 is 2.48 bits per heavy atom. The van der Waals surface area contributed by atoms with E-state index >= 15 is 0 Å². The Labute approximate surface area is 161 Å². The second-order valence-corrected chi connectivity index (χ2v) is 8.94. The Morgan fingerprint density at radius 2 is 1.78 bits per heavy atom. The Morgan fingerprint density at radius 1 is 1.07 bits per heavy atom. The molecule has 0 aromatic heterocycles. The molecule has 6 heteroatoms. The fourth-order valence-electron chi connectivity index (χ4n) is 3.42. The highest BCUT2D eigenvalue weighted by molar-refractivity contribution is 7.89. The Balaban J connectivity index is 1.65. The lowest BCUT2D eigenvalue weighted by Crippen LogP contribution is -2.45. The molecule has 0 aliphatic carbocycles. The normalized spacial score (nSPS) is 18.2. The predicted molar refractivity (Wildman–Crippen MR) is 106 cm³/mol. The van der Waals surface area contributed by atoms with Gasteiger partial charge < -0.3 is 5.32 Å². The minimum atomic E-state index is -3.58. The lowest BCUT2D eigenvalue weighted by Gasteiger charge is -2.34. The summed E-state index contributed by atoms with van der Waals surface area (Å²) in [5, 5.41) is 2.92. The summed E-state index contributed by atoms with van der Waals surface area (Å²) in [6, 6.07) is 16.2. The summed E-state index contributed by atoms with van der Waals surface area (Å²) in [4.78, 5) is 12.7. The minimum Gasteiger partial charge on any atom is -0.352 e. The number of nitrogens with one attached hydrogen (secondary N) is 1. The molecule has 1 heterocycles. The van der Waals surface area contributed by atoms with Crippen LogP contribution < -0.4 is 5.32 Å². The molecular formula is C21H26N2O3S. The van der Waals surface area contributed by atoms with Gasteiger partial charge in [-0.15, -0.1) is 0 Å². The molecular weight excluding hydrogens is 360 g/mol. The number of hydrogen-bond acceptors (Lipinski definition) is 3. The first-order chi connectivity index (χ1) is 13.0. The van der Waals surface area contributed by atoms with Crippen LogP contribution in [-0.4, -0.2) is 31.2 Å². The van der Waals surface area contributed by atoms with Crippen LogP contribution in [0.2, 0.25) is 0 Å². The summed E-state index contributed by atoms with van der Waals surface area (Å²) in [6.07, 6.45) is 2.67. The van der Waals surface area contributed by atoms with Crippen molar-refractivity contribution in [1.82, 2.24) is 9.62 Å². The Hall–Kier alpha value is -2.18. The van der Waals surface area contributed by atoms with Gasteiger partial charge in [-0.1, -0.05) is 54.4 Å². The average molecular weight is 387 g/mol. The SMILES string of the molecule is Cc1ccc(CNC(=O)CC2CCCCN2S(=O)(=O)c2ccccc2)cc1.